The van der Waals surface area contributed by atoms with E-state index in [0.717, 1.165) is 4.68 Å². The van der Waals surface area contributed by atoms with E-state index >= 15 is 0 Å². The molecule has 0 amide bonds. The van der Waals surface area contributed by atoms with E-state index in [4.69, 9.17) is 4.74 Å². The van der Waals surface area contributed by atoms with Gasteiger partial charge in [-0.05, 0) is 19.4 Å². The van der Waals surface area contributed by atoms with Crippen LogP contribution < -0.4 is 0 Å². The quantitative estimate of drug-likeness (QED) is 0.814. The number of rotatable bonds is 4. The van der Waals surface area contributed by atoms with Crippen molar-refractivity contribution in [2.45, 2.75) is 26.1 Å². The van der Waals surface area contributed by atoms with E-state index in [2.05, 4.69) is 10.3 Å². The zero-order chi connectivity index (χ0) is 16.3. The molecule has 1 heterocycles. The molecule has 1 atom stereocenters. The van der Waals surface area contributed by atoms with Crippen molar-refractivity contribution < 1.29 is 22.7 Å². The Labute approximate surface area is 124 Å². The molecular formula is C14H14F3N3O2. The third-order valence-corrected chi connectivity index (χ3v) is 3.08. The van der Waals surface area contributed by atoms with Gasteiger partial charge in [-0.15, -0.1) is 5.10 Å². The maximum atomic E-state index is 13.0. The van der Waals surface area contributed by atoms with Crippen LogP contribution in [0.5, 0.6) is 0 Å². The standard InChI is InChI=1S/C14H14F3N3O2/c1-3-22-13(21)11-12(14(15,16)17)18-19-20(11)9(2)10-7-5-4-6-8-10/h4-9H,3H2,1-2H3/t9-/m1/s1. The van der Waals surface area contributed by atoms with Gasteiger partial charge in [0.05, 0.1) is 12.6 Å². The largest absolute Gasteiger partial charge is 0.461 e. The molecular weight excluding hydrogens is 299 g/mol. The molecule has 1 aromatic carbocycles. The molecule has 118 valence electrons. The van der Waals surface area contributed by atoms with Gasteiger partial charge < -0.3 is 4.74 Å². The van der Waals surface area contributed by atoms with Crippen LogP contribution in [-0.4, -0.2) is 27.6 Å². The van der Waals surface area contributed by atoms with Gasteiger partial charge in [-0.3, -0.25) is 0 Å². The minimum Gasteiger partial charge on any atom is -0.461 e. The van der Waals surface area contributed by atoms with E-state index in [-0.39, 0.29) is 6.61 Å². The lowest BCUT2D eigenvalue weighted by molar-refractivity contribution is -0.141. The van der Waals surface area contributed by atoms with Crippen molar-refractivity contribution in [3.05, 3.63) is 47.3 Å². The molecule has 0 spiro atoms. The third-order valence-electron chi connectivity index (χ3n) is 3.08. The summed E-state index contributed by atoms with van der Waals surface area (Å²) in [5.41, 5.74) is -1.33. The fourth-order valence-electron chi connectivity index (χ4n) is 2.02. The van der Waals surface area contributed by atoms with Crippen LogP contribution in [0.2, 0.25) is 0 Å². The summed E-state index contributed by atoms with van der Waals surface area (Å²) in [4.78, 5) is 11.9. The second-order valence-electron chi connectivity index (χ2n) is 4.54. The van der Waals surface area contributed by atoms with Gasteiger partial charge in [0.15, 0.2) is 5.69 Å². The summed E-state index contributed by atoms with van der Waals surface area (Å²) >= 11 is 0. The van der Waals surface area contributed by atoms with Crippen molar-refractivity contribution in [2.24, 2.45) is 0 Å². The van der Waals surface area contributed by atoms with Crippen LogP contribution in [0.3, 0.4) is 0 Å². The fourth-order valence-corrected chi connectivity index (χ4v) is 2.02. The molecule has 8 heteroatoms. The third kappa shape index (κ3) is 3.10. The Kier molecular flexibility index (Phi) is 4.48. The van der Waals surface area contributed by atoms with Crippen molar-refractivity contribution in [2.75, 3.05) is 6.61 Å². The molecule has 1 aromatic heterocycles. The molecule has 0 unspecified atom stereocenters. The summed E-state index contributed by atoms with van der Waals surface area (Å²) in [5, 5.41) is 6.63. The highest BCUT2D eigenvalue weighted by Crippen LogP contribution is 2.32. The summed E-state index contributed by atoms with van der Waals surface area (Å²) in [6, 6.07) is 8.15. The Hall–Kier alpha value is -2.38. The van der Waals surface area contributed by atoms with Gasteiger partial charge in [0.1, 0.15) is 0 Å². The second kappa shape index (κ2) is 6.17. The number of alkyl halides is 3. The molecule has 0 N–H and O–H groups in total. The topological polar surface area (TPSA) is 57.0 Å². The highest BCUT2D eigenvalue weighted by molar-refractivity contribution is 5.89. The van der Waals surface area contributed by atoms with E-state index in [9.17, 15) is 18.0 Å². The van der Waals surface area contributed by atoms with Crippen LogP contribution >= 0.6 is 0 Å². The molecule has 0 radical (unpaired) electrons. The summed E-state index contributed by atoms with van der Waals surface area (Å²) in [6.45, 7) is 3.11. The van der Waals surface area contributed by atoms with Crippen molar-refractivity contribution >= 4 is 5.97 Å². The Balaban J connectivity index is 2.52. The number of halogens is 3. The first-order chi connectivity index (χ1) is 10.4. The van der Waals surface area contributed by atoms with Crippen molar-refractivity contribution in [3.63, 3.8) is 0 Å². The average Bonchev–Trinajstić information content (AvgIpc) is 2.92. The average molecular weight is 313 g/mol. The number of carbonyl (C=O) groups excluding carboxylic acids is 1. The maximum Gasteiger partial charge on any atom is 0.437 e. The molecule has 0 fully saturated rings. The molecule has 2 rings (SSSR count). The van der Waals surface area contributed by atoms with Crippen LogP contribution in [0.4, 0.5) is 13.2 Å². The summed E-state index contributed by atoms with van der Waals surface area (Å²) in [5.74, 6) is -1.09. The Bertz CT molecular complexity index is 653. The minimum atomic E-state index is -4.78. The molecule has 0 saturated carbocycles. The molecule has 0 saturated heterocycles. The molecule has 0 bridgehead atoms. The van der Waals surface area contributed by atoms with Crippen molar-refractivity contribution in [1.29, 1.82) is 0 Å². The number of benzene rings is 1. The normalized spacial score (nSPS) is 13.0. The lowest BCUT2D eigenvalue weighted by Gasteiger charge is -2.15. The van der Waals surface area contributed by atoms with Gasteiger partial charge in [-0.25, -0.2) is 9.48 Å². The summed E-state index contributed by atoms with van der Waals surface area (Å²) in [7, 11) is 0. The first-order valence-electron chi connectivity index (χ1n) is 6.60. The molecule has 5 nitrogen and oxygen atoms in total. The minimum absolute atomic E-state index is 0.0406. The Morgan fingerprint density at radius 2 is 1.95 bits per heavy atom. The molecule has 2 aromatic rings. The molecule has 0 aliphatic rings. The number of aromatic nitrogens is 3. The monoisotopic (exact) mass is 313 g/mol. The summed E-state index contributed by atoms with van der Waals surface area (Å²) < 4.78 is 44.7. The molecule has 0 aliphatic carbocycles. The fraction of sp³-hybridized carbons (Fsp3) is 0.357. The van der Waals surface area contributed by atoms with E-state index < -0.39 is 29.6 Å². The van der Waals surface area contributed by atoms with Gasteiger partial charge >= 0.3 is 12.1 Å². The van der Waals surface area contributed by atoms with Crippen LogP contribution in [0, 0.1) is 0 Å². The van der Waals surface area contributed by atoms with Gasteiger partial charge in [-0.1, -0.05) is 35.5 Å². The molecule has 22 heavy (non-hydrogen) atoms. The number of ether oxygens (including phenoxy) is 1. The lowest BCUT2D eigenvalue weighted by Crippen LogP contribution is -2.21. The van der Waals surface area contributed by atoms with Crippen LogP contribution in [0.25, 0.3) is 0 Å². The molecule has 0 aliphatic heterocycles. The van der Waals surface area contributed by atoms with E-state index in [1.54, 1.807) is 37.3 Å². The number of hydrogen-bond donors (Lipinski definition) is 0. The van der Waals surface area contributed by atoms with Gasteiger partial charge in [-0.2, -0.15) is 13.2 Å². The highest BCUT2D eigenvalue weighted by atomic mass is 19.4. The van der Waals surface area contributed by atoms with Crippen LogP contribution in [0.1, 0.15) is 41.6 Å². The highest BCUT2D eigenvalue weighted by Gasteiger charge is 2.42. The van der Waals surface area contributed by atoms with E-state index in [1.165, 1.54) is 6.92 Å². The van der Waals surface area contributed by atoms with Crippen molar-refractivity contribution in [1.82, 2.24) is 15.0 Å². The van der Waals surface area contributed by atoms with E-state index in [1.807, 2.05) is 0 Å². The predicted molar refractivity (Wildman–Crippen MR) is 71.2 cm³/mol. The van der Waals surface area contributed by atoms with Crippen LogP contribution in [-0.2, 0) is 10.9 Å². The lowest BCUT2D eigenvalue weighted by atomic mass is 10.1. The predicted octanol–water partition coefficient (Wildman–Crippen LogP) is 3.08. The number of hydrogen-bond acceptors (Lipinski definition) is 4. The van der Waals surface area contributed by atoms with E-state index in [0.29, 0.717) is 5.56 Å². The van der Waals surface area contributed by atoms with Gasteiger partial charge in [0.25, 0.3) is 0 Å². The SMILES string of the molecule is CCOC(=O)c1c(C(F)(F)F)nnn1[C@H](C)c1ccccc1. The Morgan fingerprint density at radius 3 is 2.50 bits per heavy atom. The number of esters is 1. The number of carbonyl (C=O) groups is 1. The zero-order valence-corrected chi connectivity index (χ0v) is 12.0. The zero-order valence-electron chi connectivity index (χ0n) is 12.0. The van der Waals surface area contributed by atoms with Gasteiger partial charge in [0.2, 0.25) is 5.69 Å². The summed E-state index contributed by atoms with van der Waals surface area (Å²) in [6.07, 6.45) is -4.78. The van der Waals surface area contributed by atoms with Crippen molar-refractivity contribution in [3.8, 4) is 0 Å². The first kappa shape index (κ1) is 16.0. The van der Waals surface area contributed by atoms with Gasteiger partial charge in [0, 0.05) is 0 Å². The van der Waals surface area contributed by atoms with Crippen LogP contribution in [0.15, 0.2) is 30.3 Å². The Morgan fingerprint density at radius 1 is 1.32 bits per heavy atom. The first-order valence-corrected chi connectivity index (χ1v) is 6.60. The smallest absolute Gasteiger partial charge is 0.437 e. The number of nitrogens with zero attached hydrogens (tertiary/aromatic N) is 3. The second-order valence-corrected chi connectivity index (χ2v) is 4.54. The maximum absolute atomic E-state index is 13.0.